The van der Waals surface area contributed by atoms with Crippen molar-refractivity contribution in [1.29, 1.82) is 5.26 Å². The van der Waals surface area contributed by atoms with Crippen molar-refractivity contribution in [2.75, 3.05) is 5.32 Å². The largest absolute Gasteiger partial charge is 0.392 e. The number of hydrogen-bond acceptors (Lipinski definition) is 3. The topological polar surface area (TPSA) is 85.2 Å². The highest BCUT2D eigenvalue weighted by Gasteiger charge is 2.04. The third-order valence-corrected chi connectivity index (χ3v) is 3.00. The molecule has 2 aromatic rings. The van der Waals surface area contributed by atoms with Gasteiger partial charge in [-0.05, 0) is 35.4 Å². The van der Waals surface area contributed by atoms with E-state index in [9.17, 15) is 9.90 Å². The molecule has 0 saturated heterocycles. The van der Waals surface area contributed by atoms with Gasteiger partial charge in [0.15, 0.2) is 0 Å². The van der Waals surface area contributed by atoms with Crippen molar-refractivity contribution in [3.05, 3.63) is 65.2 Å². The smallest absolute Gasteiger partial charge is 0.319 e. The molecule has 2 aromatic carbocycles. The number of hydrogen-bond donors (Lipinski definition) is 3. The first kappa shape index (κ1) is 14.6. The maximum Gasteiger partial charge on any atom is 0.319 e. The molecule has 0 saturated carbocycles. The summed E-state index contributed by atoms with van der Waals surface area (Å²) in [4.78, 5) is 11.8. The minimum atomic E-state index is -0.340. The first-order chi connectivity index (χ1) is 10.2. The molecule has 0 aliphatic carbocycles. The van der Waals surface area contributed by atoms with Crippen LogP contribution in [0.2, 0.25) is 0 Å². The Morgan fingerprint density at radius 3 is 2.38 bits per heavy atom. The van der Waals surface area contributed by atoms with Crippen LogP contribution >= 0.6 is 0 Å². The third-order valence-electron chi connectivity index (χ3n) is 3.00. The highest BCUT2D eigenvalue weighted by molar-refractivity contribution is 5.89. The lowest BCUT2D eigenvalue weighted by atomic mass is 10.1. The fourth-order valence-corrected chi connectivity index (χ4v) is 1.86. The molecule has 0 spiro atoms. The van der Waals surface area contributed by atoms with Crippen molar-refractivity contribution in [2.45, 2.75) is 13.2 Å². The van der Waals surface area contributed by atoms with Gasteiger partial charge in [-0.15, -0.1) is 0 Å². The van der Waals surface area contributed by atoms with Crippen molar-refractivity contribution < 1.29 is 9.90 Å². The van der Waals surface area contributed by atoms with Gasteiger partial charge in [0.25, 0.3) is 0 Å². The lowest BCUT2D eigenvalue weighted by molar-refractivity contribution is 0.251. The van der Waals surface area contributed by atoms with E-state index in [1.165, 1.54) is 0 Å². The van der Waals surface area contributed by atoms with E-state index in [2.05, 4.69) is 10.6 Å². The molecule has 0 aliphatic rings. The molecular weight excluding hydrogens is 266 g/mol. The van der Waals surface area contributed by atoms with Gasteiger partial charge in [-0.3, -0.25) is 0 Å². The fraction of sp³-hybridized carbons (Fsp3) is 0.125. The average molecular weight is 281 g/mol. The molecule has 0 radical (unpaired) electrons. The van der Waals surface area contributed by atoms with Crippen LogP contribution in [0.4, 0.5) is 10.5 Å². The molecule has 0 bridgehead atoms. The van der Waals surface area contributed by atoms with Crippen LogP contribution in [0.3, 0.4) is 0 Å². The Kier molecular flexibility index (Phi) is 4.91. The van der Waals surface area contributed by atoms with Gasteiger partial charge in [-0.2, -0.15) is 5.26 Å². The zero-order valence-corrected chi connectivity index (χ0v) is 11.3. The SMILES string of the molecule is N#Cc1ccc(NC(=O)NCc2ccccc2CO)cc1. The summed E-state index contributed by atoms with van der Waals surface area (Å²) in [7, 11) is 0. The third kappa shape index (κ3) is 4.06. The van der Waals surface area contributed by atoms with Gasteiger partial charge in [0.05, 0.1) is 18.2 Å². The number of anilines is 1. The summed E-state index contributed by atoms with van der Waals surface area (Å²) in [6.07, 6.45) is 0. The molecule has 0 fully saturated rings. The van der Waals surface area contributed by atoms with Gasteiger partial charge in [-0.25, -0.2) is 4.79 Å². The molecule has 2 rings (SSSR count). The molecule has 0 aromatic heterocycles. The molecule has 0 atom stereocenters. The van der Waals surface area contributed by atoms with Crippen molar-refractivity contribution in [2.24, 2.45) is 0 Å². The Hall–Kier alpha value is -2.84. The van der Waals surface area contributed by atoms with Crippen LogP contribution in [0.15, 0.2) is 48.5 Å². The van der Waals surface area contributed by atoms with Crippen LogP contribution < -0.4 is 10.6 Å². The number of benzene rings is 2. The molecule has 3 N–H and O–H groups in total. The number of rotatable bonds is 4. The minimum absolute atomic E-state index is 0.0604. The number of amides is 2. The molecule has 5 heteroatoms. The molecule has 0 unspecified atom stereocenters. The summed E-state index contributed by atoms with van der Waals surface area (Å²) in [5.41, 5.74) is 2.81. The Morgan fingerprint density at radius 2 is 1.76 bits per heavy atom. The number of carbonyl (C=O) groups excluding carboxylic acids is 1. The monoisotopic (exact) mass is 281 g/mol. The van der Waals surface area contributed by atoms with E-state index >= 15 is 0 Å². The summed E-state index contributed by atoms with van der Waals surface area (Å²) in [5.74, 6) is 0. The van der Waals surface area contributed by atoms with Gasteiger partial charge in [-0.1, -0.05) is 24.3 Å². The van der Waals surface area contributed by atoms with Crippen molar-refractivity contribution in [3.63, 3.8) is 0 Å². The predicted octanol–water partition coefficient (Wildman–Crippen LogP) is 2.37. The minimum Gasteiger partial charge on any atom is -0.392 e. The van der Waals surface area contributed by atoms with Gasteiger partial charge >= 0.3 is 6.03 Å². The van der Waals surface area contributed by atoms with Crippen molar-refractivity contribution in [3.8, 4) is 6.07 Å². The maximum absolute atomic E-state index is 11.8. The van der Waals surface area contributed by atoms with Gasteiger partial charge in [0.2, 0.25) is 0 Å². The lowest BCUT2D eigenvalue weighted by Gasteiger charge is -2.10. The number of nitrogens with zero attached hydrogens (tertiary/aromatic N) is 1. The normalized spacial score (nSPS) is 9.71. The summed E-state index contributed by atoms with van der Waals surface area (Å²) in [5, 5.41) is 23.3. The van der Waals surface area contributed by atoms with E-state index in [1.54, 1.807) is 24.3 Å². The predicted molar refractivity (Wildman–Crippen MR) is 79.4 cm³/mol. The Balaban J connectivity index is 1.91. The fourth-order valence-electron chi connectivity index (χ4n) is 1.86. The number of nitriles is 1. The van der Waals surface area contributed by atoms with Gasteiger partial charge in [0.1, 0.15) is 0 Å². The van der Waals surface area contributed by atoms with Crippen LogP contribution in [0.5, 0.6) is 0 Å². The van der Waals surface area contributed by atoms with E-state index in [1.807, 2.05) is 30.3 Å². The molecular formula is C16H15N3O2. The second-order valence-electron chi connectivity index (χ2n) is 4.42. The lowest BCUT2D eigenvalue weighted by Crippen LogP contribution is -2.28. The first-order valence-corrected chi connectivity index (χ1v) is 6.45. The molecule has 21 heavy (non-hydrogen) atoms. The van der Waals surface area contributed by atoms with Crippen molar-refractivity contribution >= 4 is 11.7 Å². The van der Waals surface area contributed by atoms with E-state index in [4.69, 9.17) is 5.26 Å². The van der Waals surface area contributed by atoms with E-state index in [-0.39, 0.29) is 12.6 Å². The molecule has 106 valence electrons. The van der Waals surface area contributed by atoms with E-state index < -0.39 is 0 Å². The zero-order valence-electron chi connectivity index (χ0n) is 11.3. The number of nitrogens with one attached hydrogen (secondary N) is 2. The second kappa shape index (κ2) is 7.08. The van der Waals surface area contributed by atoms with E-state index in [0.717, 1.165) is 11.1 Å². The van der Waals surface area contributed by atoms with Gasteiger partial charge in [0, 0.05) is 12.2 Å². The Labute approximate surface area is 122 Å². The average Bonchev–Trinajstić information content (AvgIpc) is 2.54. The highest BCUT2D eigenvalue weighted by Crippen LogP contribution is 2.10. The number of aliphatic hydroxyl groups is 1. The Morgan fingerprint density at radius 1 is 1.10 bits per heavy atom. The second-order valence-corrected chi connectivity index (χ2v) is 4.42. The van der Waals surface area contributed by atoms with Crippen LogP contribution in [-0.4, -0.2) is 11.1 Å². The molecule has 5 nitrogen and oxygen atoms in total. The van der Waals surface area contributed by atoms with Gasteiger partial charge < -0.3 is 15.7 Å². The number of aliphatic hydroxyl groups excluding tert-OH is 1. The standard InChI is InChI=1S/C16H15N3O2/c17-9-12-5-7-15(8-6-12)19-16(21)18-10-13-3-1-2-4-14(13)11-20/h1-8,20H,10-11H2,(H2,18,19,21). The van der Waals surface area contributed by atoms with Crippen LogP contribution in [-0.2, 0) is 13.2 Å². The molecule has 0 heterocycles. The van der Waals surface area contributed by atoms with E-state index in [0.29, 0.717) is 17.8 Å². The summed E-state index contributed by atoms with van der Waals surface area (Å²) >= 11 is 0. The highest BCUT2D eigenvalue weighted by atomic mass is 16.3. The summed E-state index contributed by atoms with van der Waals surface area (Å²) < 4.78 is 0. The molecule has 0 aliphatic heterocycles. The maximum atomic E-state index is 11.8. The van der Waals surface area contributed by atoms with Crippen molar-refractivity contribution in [1.82, 2.24) is 5.32 Å². The van der Waals surface area contributed by atoms with Crippen LogP contribution in [0.25, 0.3) is 0 Å². The molecule has 2 amide bonds. The first-order valence-electron chi connectivity index (χ1n) is 6.45. The number of carbonyl (C=O) groups is 1. The van der Waals surface area contributed by atoms with Crippen LogP contribution in [0, 0.1) is 11.3 Å². The quantitative estimate of drug-likeness (QED) is 0.804. The number of urea groups is 1. The zero-order chi connectivity index (χ0) is 15.1. The Bertz CT molecular complexity index is 660. The summed E-state index contributed by atoms with van der Waals surface area (Å²) in [6.45, 7) is 0.272. The van der Waals surface area contributed by atoms with Crippen LogP contribution in [0.1, 0.15) is 16.7 Å². The summed E-state index contributed by atoms with van der Waals surface area (Å²) in [6, 6.07) is 15.6.